The Morgan fingerprint density at radius 2 is 0.827 bits per heavy atom. The highest BCUT2D eigenvalue weighted by Crippen LogP contribution is 2.31. The molecular formula is C46H40B2Br3N7O20S3. The molecule has 9 rings (SSSR count). The smallest absolute Gasteiger partial charge is 0.423 e. The van der Waals surface area contributed by atoms with Crippen LogP contribution >= 0.6 is 81.8 Å². The van der Waals surface area contributed by atoms with Crippen LogP contribution in [-0.4, -0.2) is 89.3 Å². The van der Waals surface area contributed by atoms with E-state index >= 15 is 0 Å². The van der Waals surface area contributed by atoms with Crippen molar-refractivity contribution in [1.82, 2.24) is 9.97 Å². The third-order valence-electron chi connectivity index (χ3n) is 9.29. The molecule has 27 nitrogen and oxygen atoms in total. The summed E-state index contributed by atoms with van der Waals surface area (Å²) in [6.45, 7) is -0.0967. The van der Waals surface area contributed by atoms with Gasteiger partial charge >= 0.3 is 41.0 Å². The van der Waals surface area contributed by atoms with Crippen LogP contribution in [0.1, 0.15) is 22.3 Å². The highest BCUT2D eigenvalue weighted by molar-refractivity contribution is 9.11. The maximum atomic E-state index is 10.5. The van der Waals surface area contributed by atoms with Gasteiger partial charge in [0, 0.05) is 17.2 Å². The Kier molecular flexibility index (Phi) is 29.7. The quantitative estimate of drug-likeness (QED) is 0.0305. The lowest BCUT2D eigenvalue weighted by atomic mass is 9.80. The SMILES string of the molecule is O=[N+]([O-])c1ccc(-c2ccc(CO)cc2)o1.O=[N+]([O-])c1ccc(Br)o1.O=[N+]([O-])c1ccc(Br)s1.O=[N+]([O-])c1cnc(-c2ccc(CO)cc2)s1.O=[N+]([O-])c1cnc(Br)s1.OCc1ccc(B(O)O)cc1.OCc1ccc(B(O)O)cc1. The number of halogens is 3. The minimum atomic E-state index is -1.43. The van der Waals surface area contributed by atoms with E-state index in [-0.39, 0.29) is 53.2 Å². The first-order valence-corrected chi connectivity index (χ1v) is 26.7. The zero-order valence-electron chi connectivity index (χ0n) is 40.8. The van der Waals surface area contributed by atoms with Gasteiger partial charge in [-0.2, -0.15) is 0 Å². The van der Waals surface area contributed by atoms with Crippen LogP contribution in [0.2, 0.25) is 0 Å². The molecule has 0 aliphatic rings. The van der Waals surface area contributed by atoms with Gasteiger partial charge in [0.25, 0.3) is 0 Å². The van der Waals surface area contributed by atoms with Gasteiger partial charge in [0.1, 0.15) is 33.0 Å². The predicted octanol–water partition coefficient (Wildman–Crippen LogP) is 8.46. The van der Waals surface area contributed by atoms with Gasteiger partial charge in [-0.3, -0.25) is 50.6 Å². The molecule has 0 amide bonds. The number of aliphatic hydroxyl groups is 4. The Bertz CT molecular complexity index is 3120. The van der Waals surface area contributed by atoms with Gasteiger partial charge in [0.15, 0.2) is 8.59 Å². The number of aromatic nitrogens is 2. The second-order valence-electron chi connectivity index (χ2n) is 14.8. The normalized spacial score (nSPS) is 9.86. The molecule has 0 atom stereocenters. The maximum Gasteiger partial charge on any atom is 0.488 e. The first-order chi connectivity index (χ1) is 38.5. The van der Waals surface area contributed by atoms with Crippen molar-refractivity contribution in [2.45, 2.75) is 26.4 Å². The fourth-order valence-corrected chi connectivity index (χ4v) is 8.59. The minimum absolute atomic E-state index is 0.0156. The summed E-state index contributed by atoms with van der Waals surface area (Å²) < 4.78 is 11.3. The molecule has 5 heterocycles. The van der Waals surface area contributed by atoms with E-state index in [2.05, 4.69) is 62.2 Å². The van der Waals surface area contributed by atoms with Gasteiger partial charge in [0.05, 0.1) is 57.1 Å². The Morgan fingerprint density at radius 1 is 0.432 bits per heavy atom. The number of hydrogen-bond acceptors (Lipinski definition) is 25. The molecule has 0 aliphatic heterocycles. The van der Waals surface area contributed by atoms with Crippen LogP contribution in [0.5, 0.6) is 0 Å². The lowest BCUT2D eigenvalue weighted by Crippen LogP contribution is -2.29. The fourth-order valence-electron chi connectivity index (χ4n) is 5.32. The van der Waals surface area contributed by atoms with E-state index in [4.69, 9.17) is 44.9 Å². The lowest BCUT2D eigenvalue weighted by Gasteiger charge is -1.99. The predicted molar refractivity (Wildman–Crippen MR) is 309 cm³/mol. The molecular weight excluding hydrogens is 1330 g/mol. The van der Waals surface area contributed by atoms with Crippen LogP contribution in [0.15, 0.2) is 167 Å². The molecule has 0 radical (unpaired) electrons. The van der Waals surface area contributed by atoms with Gasteiger partial charge in [-0.1, -0.05) is 108 Å². The molecule has 0 bridgehead atoms. The molecule has 4 aromatic carbocycles. The van der Waals surface area contributed by atoms with Gasteiger partial charge in [-0.25, -0.2) is 9.97 Å². The summed E-state index contributed by atoms with van der Waals surface area (Å²) in [6.07, 6.45) is 2.47. The maximum absolute atomic E-state index is 10.5. The zero-order chi connectivity index (χ0) is 60.2. The summed E-state index contributed by atoms with van der Waals surface area (Å²) in [6, 6.07) is 35.7. The number of thiazole rings is 2. The molecule has 0 saturated carbocycles. The number of rotatable bonds is 13. The Hall–Kier alpha value is -7.35. The van der Waals surface area contributed by atoms with E-state index in [0.29, 0.717) is 30.3 Å². The van der Waals surface area contributed by atoms with E-state index in [1.165, 1.54) is 36.7 Å². The third kappa shape index (κ3) is 24.5. The molecule has 35 heteroatoms. The molecule has 5 aromatic heterocycles. The van der Waals surface area contributed by atoms with Crippen molar-refractivity contribution in [3.63, 3.8) is 0 Å². The van der Waals surface area contributed by atoms with Crippen LogP contribution in [0, 0.1) is 50.6 Å². The number of thiophene rings is 1. The number of aliphatic hydroxyl groups excluding tert-OH is 4. The molecule has 0 unspecified atom stereocenters. The van der Waals surface area contributed by atoms with Gasteiger partial charge in [-0.15, -0.1) is 0 Å². The van der Waals surface area contributed by atoms with Crippen molar-refractivity contribution < 1.29 is 74.0 Å². The highest BCUT2D eigenvalue weighted by atomic mass is 79.9. The van der Waals surface area contributed by atoms with Crippen molar-refractivity contribution in [2.24, 2.45) is 0 Å². The first-order valence-electron chi connectivity index (χ1n) is 21.9. The van der Waals surface area contributed by atoms with Crippen molar-refractivity contribution in [1.29, 1.82) is 0 Å². The standard InChI is InChI=1S/C11H9NO4.C10H8N2O3S.2C7H9BO3.C4H2BrNO3.C4H2BrNO2S.C3HBrN2O2S/c13-7-8-1-3-9(4-2-8)10-5-6-11(16-10)12(14)15;13-6-7-1-3-8(4-2-7)10-11-5-9(16-10)12(14)15;2*9-5-6-1-3-7(4-2-6)8(10)11;2*5-3-1-2-4(9-3)6(7)8;4-3-5-1-2(9-3)6(7)8/h1-6,13H,7H2;1-5,13H,6H2;2*1-4,9-11H,5H2;2*1-2H;1H. The second-order valence-corrected chi connectivity index (χ2v) is 21.3. The number of furan rings is 2. The molecule has 8 N–H and O–H groups in total. The summed E-state index contributed by atoms with van der Waals surface area (Å²) in [5.74, 6) is -0.0840. The first kappa shape index (κ1) is 67.9. The van der Waals surface area contributed by atoms with Crippen molar-refractivity contribution in [3.05, 3.63) is 231 Å². The van der Waals surface area contributed by atoms with Crippen molar-refractivity contribution >= 4 is 134 Å². The minimum Gasteiger partial charge on any atom is -0.423 e. The molecule has 0 fully saturated rings. The topological polar surface area (TPSA) is 430 Å². The number of benzene rings is 4. The van der Waals surface area contributed by atoms with Crippen LogP contribution in [0.25, 0.3) is 21.9 Å². The molecule has 424 valence electrons. The number of nitro groups is 5. The molecule has 0 aliphatic carbocycles. The monoisotopic (exact) mass is 1360 g/mol. The Balaban J connectivity index is 0.000000252. The Labute approximate surface area is 493 Å². The van der Waals surface area contributed by atoms with Crippen LogP contribution in [0.3, 0.4) is 0 Å². The van der Waals surface area contributed by atoms with E-state index in [1.807, 2.05) is 0 Å². The fraction of sp³-hybridized carbons (Fsp3) is 0.0870. The third-order valence-corrected chi connectivity index (χ3v) is 13.7. The average molecular weight is 1370 g/mol. The summed E-state index contributed by atoms with van der Waals surface area (Å²) in [4.78, 5) is 55.9. The second kappa shape index (κ2) is 35.4. The lowest BCUT2D eigenvalue weighted by molar-refractivity contribution is -0.402. The molecule has 9 aromatic rings. The van der Waals surface area contributed by atoms with E-state index < -0.39 is 38.9 Å². The summed E-state index contributed by atoms with van der Waals surface area (Å²) in [7, 11) is -2.86. The van der Waals surface area contributed by atoms with Crippen molar-refractivity contribution in [2.75, 3.05) is 0 Å². The van der Waals surface area contributed by atoms with E-state index in [0.717, 1.165) is 71.2 Å². The Morgan fingerprint density at radius 3 is 1.11 bits per heavy atom. The summed E-state index contributed by atoms with van der Waals surface area (Å²) >= 11 is 12.2. The molecule has 81 heavy (non-hydrogen) atoms. The summed E-state index contributed by atoms with van der Waals surface area (Å²) in [5.41, 5.74) is 5.52. The van der Waals surface area contributed by atoms with Crippen LogP contribution in [-0.2, 0) is 26.4 Å². The molecule has 0 saturated heterocycles. The van der Waals surface area contributed by atoms with Crippen LogP contribution in [0.4, 0.5) is 26.8 Å². The van der Waals surface area contributed by atoms with Gasteiger partial charge < -0.3 is 49.4 Å². The average Bonchev–Trinajstić information content (AvgIpc) is 4.35. The summed E-state index contributed by atoms with van der Waals surface area (Å²) in [5, 5.41) is 121. The largest absolute Gasteiger partial charge is 0.488 e. The zero-order valence-corrected chi connectivity index (χ0v) is 48.0. The number of nitrogens with zero attached hydrogens (tertiary/aromatic N) is 7. The molecule has 0 spiro atoms. The van der Waals surface area contributed by atoms with Gasteiger partial charge in [-0.05, 0) is 122 Å². The van der Waals surface area contributed by atoms with Crippen LogP contribution < -0.4 is 10.9 Å². The number of hydrogen-bond donors (Lipinski definition) is 8. The van der Waals surface area contributed by atoms with E-state index in [9.17, 15) is 50.6 Å². The van der Waals surface area contributed by atoms with Crippen molar-refractivity contribution in [3.8, 4) is 21.9 Å². The highest BCUT2D eigenvalue weighted by Gasteiger charge is 2.15. The van der Waals surface area contributed by atoms with Gasteiger partial charge in [0.2, 0.25) is 0 Å². The van der Waals surface area contributed by atoms with E-state index in [1.54, 1.807) is 109 Å².